The van der Waals surface area contributed by atoms with Gasteiger partial charge in [0, 0.05) is 12.3 Å². The zero-order chi connectivity index (χ0) is 11.7. The van der Waals surface area contributed by atoms with E-state index in [-0.39, 0.29) is 0 Å². The molecule has 0 bridgehead atoms. The Bertz CT molecular complexity index is 547. The van der Waals surface area contributed by atoms with Gasteiger partial charge in [-0.1, -0.05) is 48.5 Å². The normalized spacial score (nSPS) is 12.9. The lowest BCUT2D eigenvalue weighted by molar-refractivity contribution is 0.749. The lowest BCUT2D eigenvalue weighted by atomic mass is 9.92. The monoisotopic (exact) mass is 219 g/mol. The number of hydrogen-bond donors (Lipinski definition) is 0. The van der Waals surface area contributed by atoms with Crippen molar-refractivity contribution in [1.29, 1.82) is 5.26 Å². The molecule has 0 radical (unpaired) electrons. The summed E-state index contributed by atoms with van der Waals surface area (Å²) in [5, 5.41) is 8.77. The van der Waals surface area contributed by atoms with Crippen LogP contribution in [0, 0.1) is 11.3 Å². The Morgan fingerprint density at radius 3 is 1.94 bits per heavy atom. The minimum atomic E-state index is 0.405. The average Bonchev–Trinajstić information content (AvgIpc) is 2.71. The van der Waals surface area contributed by atoms with Gasteiger partial charge in [0.1, 0.15) is 0 Å². The molecule has 1 aliphatic rings. The molecule has 0 aromatic heterocycles. The van der Waals surface area contributed by atoms with Gasteiger partial charge in [-0.25, -0.2) is 0 Å². The second kappa shape index (κ2) is 4.07. The van der Waals surface area contributed by atoms with Crippen molar-refractivity contribution in [2.24, 2.45) is 0 Å². The minimum Gasteiger partial charge on any atom is -0.198 e. The highest BCUT2D eigenvalue weighted by atomic mass is 14.3. The maximum absolute atomic E-state index is 8.77. The fourth-order valence-electron chi connectivity index (χ4n) is 2.78. The molecule has 0 saturated carbocycles. The Balaban J connectivity index is 2.14. The van der Waals surface area contributed by atoms with Crippen molar-refractivity contribution in [3.63, 3.8) is 0 Å². The molecule has 3 rings (SSSR count). The quantitative estimate of drug-likeness (QED) is 0.745. The molecule has 1 aliphatic carbocycles. The minimum absolute atomic E-state index is 0.405. The largest absolute Gasteiger partial charge is 0.198 e. The van der Waals surface area contributed by atoms with Crippen LogP contribution in [0.4, 0.5) is 0 Å². The Labute approximate surface area is 101 Å². The zero-order valence-corrected chi connectivity index (χ0v) is 9.56. The Morgan fingerprint density at radius 1 is 0.882 bits per heavy atom. The Hall–Kier alpha value is -2.07. The van der Waals surface area contributed by atoms with E-state index in [2.05, 4.69) is 54.6 Å². The molecule has 0 aliphatic heterocycles. The Morgan fingerprint density at radius 2 is 1.41 bits per heavy atom. The van der Waals surface area contributed by atoms with Crippen molar-refractivity contribution in [1.82, 2.24) is 0 Å². The molecule has 1 nitrogen and oxygen atoms in total. The lowest BCUT2D eigenvalue weighted by Crippen LogP contribution is -1.95. The predicted octanol–water partition coefficient (Wildman–Crippen LogP) is 4.10. The molecule has 2 aromatic rings. The van der Waals surface area contributed by atoms with Gasteiger partial charge >= 0.3 is 0 Å². The van der Waals surface area contributed by atoms with E-state index in [0.717, 1.165) is 6.42 Å². The van der Waals surface area contributed by atoms with E-state index in [0.29, 0.717) is 12.3 Å². The van der Waals surface area contributed by atoms with Crippen LogP contribution in [-0.2, 0) is 0 Å². The highest BCUT2D eigenvalue weighted by Gasteiger charge is 2.27. The van der Waals surface area contributed by atoms with E-state index >= 15 is 0 Å². The number of rotatable bonds is 2. The highest BCUT2D eigenvalue weighted by Crippen LogP contribution is 2.46. The molecule has 0 unspecified atom stereocenters. The van der Waals surface area contributed by atoms with Crippen molar-refractivity contribution in [2.75, 3.05) is 0 Å². The first-order valence-corrected chi connectivity index (χ1v) is 5.97. The van der Waals surface area contributed by atoms with Gasteiger partial charge in [0.05, 0.1) is 6.07 Å². The van der Waals surface area contributed by atoms with Crippen LogP contribution in [0.1, 0.15) is 29.9 Å². The molecule has 0 saturated heterocycles. The average molecular weight is 219 g/mol. The maximum atomic E-state index is 8.77. The van der Waals surface area contributed by atoms with Crippen LogP contribution in [-0.4, -0.2) is 0 Å². The smallest absolute Gasteiger partial charge is 0.0622 e. The summed E-state index contributed by atoms with van der Waals surface area (Å²) in [6.07, 6.45) is 1.54. The highest BCUT2D eigenvalue weighted by molar-refractivity contribution is 5.78. The molecule has 0 fully saturated rings. The fraction of sp³-hybridized carbons (Fsp3) is 0.188. The van der Waals surface area contributed by atoms with E-state index < -0.39 is 0 Å². The first kappa shape index (κ1) is 10.1. The molecule has 0 heterocycles. The van der Waals surface area contributed by atoms with Gasteiger partial charge in [0.25, 0.3) is 0 Å². The van der Waals surface area contributed by atoms with Gasteiger partial charge < -0.3 is 0 Å². The van der Waals surface area contributed by atoms with Crippen LogP contribution >= 0.6 is 0 Å². The van der Waals surface area contributed by atoms with Crippen LogP contribution in [0.2, 0.25) is 0 Å². The van der Waals surface area contributed by atoms with Crippen molar-refractivity contribution in [3.8, 4) is 17.2 Å². The van der Waals surface area contributed by atoms with Gasteiger partial charge in [-0.15, -0.1) is 0 Å². The second-order valence-corrected chi connectivity index (χ2v) is 4.42. The third kappa shape index (κ3) is 1.54. The molecule has 82 valence electrons. The number of nitriles is 1. The first-order valence-electron chi connectivity index (χ1n) is 5.97. The summed E-state index contributed by atoms with van der Waals surface area (Å²) < 4.78 is 0. The molecular formula is C16H13N. The molecule has 0 N–H and O–H groups in total. The summed E-state index contributed by atoms with van der Waals surface area (Å²) in [5.74, 6) is 0.405. The van der Waals surface area contributed by atoms with Gasteiger partial charge in [-0.2, -0.15) is 5.26 Å². The number of hydrogen-bond acceptors (Lipinski definition) is 1. The van der Waals surface area contributed by atoms with E-state index in [1.807, 2.05) is 0 Å². The van der Waals surface area contributed by atoms with Crippen LogP contribution in [0.25, 0.3) is 11.1 Å². The fourth-order valence-corrected chi connectivity index (χ4v) is 2.78. The summed E-state index contributed by atoms with van der Waals surface area (Å²) in [4.78, 5) is 0. The van der Waals surface area contributed by atoms with Crippen LogP contribution < -0.4 is 0 Å². The molecule has 2 aromatic carbocycles. The molecule has 1 heteroatoms. The van der Waals surface area contributed by atoms with E-state index in [9.17, 15) is 0 Å². The van der Waals surface area contributed by atoms with Crippen LogP contribution in [0.5, 0.6) is 0 Å². The van der Waals surface area contributed by atoms with E-state index in [4.69, 9.17) is 5.26 Å². The van der Waals surface area contributed by atoms with Gasteiger partial charge in [-0.3, -0.25) is 0 Å². The standard InChI is InChI=1S/C16H13N/c17-11-5-10-16-14-8-3-1-6-12(14)13-7-2-4-9-15(13)16/h1-4,6-9,16H,5,10H2. The number of fused-ring (bicyclic) bond motifs is 3. The summed E-state index contributed by atoms with van der Waals surface area (Å²) in [5.41, 5.74) is 5.44. The summed E-state index contributed by atoms with van der Waals surface area (Å²) in [6.45, 7) is 0. The van der Waals surface area contributed by atoms with Gasteiger partial charge in [0.15, 0.2) is 0 Å². The van der Waals surface area contributed by atoms with Crippen LogP contribution in [0.3, 0.4) is 0 Å². The molecule has 0 atom stereocenters. The zero-order valence-electron chi connectivity index (χ0n) is 9.56. The van der Waals surface area contributed by atoms with Gasteiger partial charge in [0.2, 0.25) is 0 Å². The number of nitrogens with zero attached hydrogens (tertiary/aromatic N) is 1. The van der Waals surface area contributed by atoms with Crippen LogP contribution in [0.15, 0.2) is 48.5 Å². The third-order valence-electron chi connectivity index (χ3n) is 3.51. The van der Waals surface area contributed by atoms with Crippen molar-refractivity contribution in [2.45, 2.75) is 18.8 Å². The molecular weight excluding hydrogens is 206 g/mol. The van der Waals surface area contributed by atoms with Crippen molar-refractivity contribution < 1.29 is 0 Å². The summed E-state index contributed by atoms with van der Waals surface area (Å²) in [7, 11) is 0. The molecule has 17 heavy (non-hydrogen) atoms. The predicted molar refractivity (Wildman–Crippen MR) is 68.6 cm³/mol. The SMILES string of the molecule is N#CCCC1c2ccccc2-c2ccccc21. The third-order valence-corrected chi connectivity index (χ3v) is 3.51. The second-order valence-electron chi connectivity index (χ2n) is 4.42. The Kier molecular flexibility index (Phi) is 2.42. The maximum Gasteiger partial charge on any atom is 0.0622 e. The first-order chi connectivity index (χ1) is 8.42. The molecule has 0 amide bonds. The summed E-state index contributed by atoms with van der Waals surface area (Å²) >= 11 is 0. The van der Waals surface area contributed by atoms with E-state index in [1.165, 1.54) is 22.3 Å². The molecule has 0 spiro atoms. The lowest BCUT2D eigenvalue weighted by Gasteiger charge is -2.10. The van der Waals surface area contributed by atoms with Crippen molar-refractivity contribution in [3.05, 3.63) is 59.7 Å². The number of benzene rings is 2. The van der Waals surface area contributed by atoms with Gasteiger partial charge in [-0.05, 0) is 28.7 Å². The topological polar surface area (TPSA) is 23.8 Å². The van der Waals surface area contributed by atoms with Crippen molar-refractivity contribution >= 4 is 0 Å². The van der Waals surface area contributed by atoms with E-state index in [1.54, 1.807) is 0 Å². The summed E-state index contributed by atoms with van der Waals surface area (Å²) in [6, 6.07) is 19.3.